The molecule has 3 aromatic rings. The van der Waals surface area contributed by atoms with Crippen molar-refractivity contribution >= 4 is 32.2 Å². The molecule has 6 nitrogen and oxygen atoms in total. The molecule has 0 bridgehead atoms. The normalized spacial score (nSPS) is 12.4. The minimum atomic E-state index is -3.63. The highest BCUT2D eigenvalue weighted by Crippen LogP contribution is 2.26. The molecule has 1 amide bonds. The van der Waals surface area contributed by atoms with Gasteiger partial charge in [-0.1, -0.05) is 6.92 Å². The van der Waals surface area contributed by atoms with Gasteiger partial charge < -0.3 is 10.1 Å². The molecule has 0 saturated heterocycles. The number of nitrogens with zero attached hydrogens (tertiary/aromatic N) is 1. The van der Waals surface area contributed by atoms with Gasteiger partial charge in [0.25, 0.3) is 0 Å². The number of carbonyl (C=O) groups is 1. The zero-order chi connectivity index (χ0) is 21.0. The Morgan fingerprint density at radius 3 is 2.45 bits per heavy atom. The minimum Gasteiger partial charge on any atom is -0.497 e. The lowest BCUT2D eigenvalue weighted by atomic mass is 10.2. The third kappa shape index (κ3) is 5.18. The monoisotopic (exact) mass is 434 g/mol. The van der Waals surface area contributed by atoms with E-state index in [-0.39, 0.29) is 16.5 Å². The number of nitrogens with one attached hydrogen (secondary N) is 1. The molecule has 1 heterocycles. The molecule has 1 unspecified atom stereocenters. The van der Waals surface area contributed by atoms with E-state index in [2.05, 4.69) is 10.3 Å². The molecule has 0 radical (unpaired) electrons. The number of sulfone groups is 1. The van der Waals surface area contributed by atoms with E-state index in [1.54, 1.807) is 36.6 Å². The highest BCUT2D eigenvalue weighted by atomic mass is 32.2. The average Bonchev–Trinajstić information content (AvgIpc) is 3.16. The van der Waals surface area contributed by atoms with Crippen molar-refractivity contribution in [2.45, 2.75) is 11.8 Å². The van der Waals surface area contributed by atoms with Gasteiger partial charge in [0.05, 0.1) is 23.5 Å². The van der Waals surface area contributed by atoms with Gasteiger partial charge in [-0.15, -0.1) is 11.3 Å². The van der Waals surface area contributed by atoms with Gasteiger partial charge in [0.15, 0.2) is 15.0 Å². The number of rotatable bonds is 7. The fraction of sp³-hybridized carbons (Fsp3) is 0.200. The molecule has 1 atom stereocenters. The van der Waals surface area contributed by atoms with Gasteiger partial charge in [0.1, 0.15) is 11.6 Å². The molecule has 1 aromatic heterocycles. The SMILES string of the molecule is COc1ccc(S(=O)(=O)CC(C)C(=O)Nc2nc(-c3ccc(F)cc3)cs2)cc1. The summed E-state index contributed by atoms with van der Waals surface area (Å²) in [6, 6.07) is 11.9. The Morgan fingerprint density at radius 1 is 1.17 bits per heavy atom. The maximum atomic E-state index is 13.0. The van der Waals surface area contributed by atoms with Crippen molar-refractivity contribution in [1.82, 2.24) is 4.98 Å². The third-order valence-electron chi connectivity index (χ3n) is 4.21. The first-order valence-electron chi connectivity index (χ1n) is 8.67. The molecule has 1 N–H and O–H groups in total. The molecule has 0 aliphatic rings. The van der Waals surface area contributed by atoms with Gasteiger partial charge in [-0.25, -0.2) is 17.8 Å². The second-order valence-electron chi connectivity index (χ2n) is 6.39. The molecule has 29 heavy (non-hydrogen) atoms. The van der Waals surface area contributed by atoms with Crippen LogP contribution in [-0.2, 0) is 14.6 Å². The summed E-state index contributed by atoms with van der Waals surface area (Å²) in [5.41, 5.74) is 1.32. The lowest BCUT2D eigenvalue weighted by molar-refractivity contribution is -0.118. The average molecular weight is 435 g/mol. The Bertz CT molecular complexity index is 1090. The fourth-order valence-electron chi connectivity index (χ4n) is 2.60. The van der Waals surface area contributed by atoms with Gasteiger partial charge in [-0.2, -0.15) is 0 Å². The first-order valence-corrected chi connectivity index (χ1v) is 11.2. The molecule has 0 aliphatic heterocycles. The molecule has 0 saturated carbocycles. The Morgan fingerprint density at radius 2 is 1.83 bits per heavy atom. The number of ether oxygens (including phenoxy) is 1. The van der Waals surface area contributed by atoms with Crippen LogP contribution in [0.1, 0.15) is 6.92 Å². The van der Waals surface area contributed by atoms with Crippen LogP contribution in [0.4, 0.5) is 9.52 Å². The molecule has 2 aromatic carbocycles. The van der Waals surface area contributed by atoms with Gasteiger partial charge in [0.2, 0.25) is 5.91 Å². The van der Waals surface area contributed by atoms with Crippen molar-refractivity contribution in [2.75, 3.05) is 18.2 Å². The zero-order valence-corrected chi connectivity index (χ0v) is 17.4. The summed E-state index contributed by atoms with van der Waals surface area (Å²) >= 11 is 1.21. The molecule has 9 heteroatoms. The second-order valence-corrected chi connectivity index (χ2v) is 9.28. The third-order valence-corrected chi connectivity index (χ3v) is 6.90. The van der Waals surface area contributed by atoms with Crippen LogP contribution in [0.15, 0.2) is 58.8 Å². The van der Waals surface area contributed by atoms with Crippen molar-refractivity contribution < 1.29 is 22.3 Å². The first-order chi connectivity index (χ1) is 13.8. The van der Waals surface area contributed by atoms with Crippen LogP contribution in [-0.4, -0.2) is 32.2 Å². The minimum absolute atomic E-state index is 0.130. The highest BCUT2D eigenvalue weighted by molar-refractivity contribution is 7.91. The predicted octanol–water partition coefficient (Wildman–Crippen LogP) is 4.01. The molecule has 3 rings (SSSR count). The second kappa shape index (κ2) is 8.71. The van der Waals surface area contributed by atoms with E-state index in [1.807, 2.05) is 0 Å². The lowest BCUT2D eigenvalue weighted by Crippen LogP contribution is -2.27. The van der Waals surface area contributed by atoms with E-state index >= 15 is 0 Å². The predicted molar refractivity (Wildman–Crippen MR) is 110 cm³/mol. The van der Waals surface area contributed by atoms with Gasteiger partial charge >= 0.3 is 0 Å². The van der Waals surface area contributed by atoms with Crippen LogP contribution < -0.4 is 10.1 Å². The summed E-state index contributed by atoms with van der Waals surface area (Å²) < 4.78 is 43.2. The Kier molecular flexibility index (Phi) is 6.29. The van der Waals surface area contributed by atoms with Crippen LogP contribution in [0.5, 0.6) is 5.75 Å². The molecular formula is C20H19FN2O4S2. The van der Waals surface area contributed by atoms with Crippen molar-refractivity contribution in [3.8, 4) is 17.0 Å². The Labute approximate surface area is 172 Å². The van der Waals surface area contributed by atoms with E-state index in [1.165, 1.54) is 42.7 Å². The molecule has 152 valence electrons. The van der Waals surface area contributed by atoms with Gasteiger partial charge in [-0.3, -0.25) is 4.79 Å². The number of hydrogen-bond acceptors (Lipinski definition) is 6. The molecule has 0 aliphatic carbocycles. The smallest absolute Gasteiger partial charge is 0.230 e. The van der Waals surface area contributed by atoms with Crippen LogP contribution in [0, 0.1) is 11.7 Å². The van der Waals surface area contributed by atoms with E-state index in [0.717, 1.165) is 5.56 Å². The summed E-state index contributed by atoms with van der Waals surface area (Å²) in [6.45, 7) is 1.55. The van der Waals surface area contributed by atoms with E-state index in [4.69, 9.17) is 4.74 Å². The quantitative estimate of drug-likeness (QED) is 0.607. The Hall–Kier alpha value is -2.78. The van der Waals surface area contributed by atoms with Crippen molar-refractivity contribution in [3.05, 3.63) is 59.7 Å². The van der Waals surface area contributed by atoms with Crippen LogP contribution >= 0.6 is 11.3 Å². The number of thiazole rings is 1. The van der Waals surface area contributed by atoms with Gasteiger partial charge in [0, 0.05) is 16.9 Å². The van der Waals surface area contributed by atoms with E-state index in [9.17, 15) is 17.6 Å². The van der Waals surface area contributed by atoms with Crippen LogP contribution in [0.3, 0.4) is 0 Å². The first kappa shape index (κ1) is 20.9. The number of anilines is 1. The van der Waals surface area contributed by atoms with Crippen molar-refractivity contribution in [2.24, 2.45) is 5.92 Å². The number of halogens is 1. The van der Waals surface area contributed by atoms with Crippen LogP contribution in [0.25, 0.3) is 11.3 Å². The largest absolute Gasteiger partial charge is 0.497 e. The number of carbonyl (C=O) groups excluding carboxylic acids is 1. The fourth-order valence-corrected chi connectivity index (χ4v) is 4.87. The maximum absolute atomic E-state index is 13.0. The van der Waals surface area contributed by atoms with Crippen molar-refractivity contribution in [3.63, 3.8) is 0 Å². The zero-order valence-electron chi connectivity index (χ0n) is 15.8. The molecule has 0 spiro atoms. The highest BCUT2D eigenvalue weighted by Gasteiger charge is 2.24. The van der Waals surface area contributed by atoms with Gasteiger partial charge in [-0.05, 0) is 48.5 Å². The van der Waals surface area contributed by atoms with E-state index < -0.39 is 21.7 Å². The van der Waals surface area contributed by atoms with Crippen LogP contribution in [0.2, 0.25) is 0 Å². The van der Waals surface area contributed by atoms with E-state index in [0.29, 0.717) is 16.6 Å². The number of aromatic nitrogens is 1. The summed E-state index contributed by atoms with van der Waals surface area (Å²) in [6.07, 6.45) is 0. The number of hydrogen-bond donors (Lipinski definition) is 1. The summed E-state index contributed by atoms with van der Waals surface area (Å²) in [5.74, 6) is -1.34. The number of methoxy groups -OCH3 is 1. The maximum Gasteiger partial charge on any atom is 0.230 e. The summed E-state index contributed by atoms with van der Waals surface area (Å²) in [5, 5.41) is 4.73. The molecule has 0 fully saturated rings. The Balaban J connectivity index is 1.65. The van der Waals surface area contributed by atoms with Crippen molar-refractivity contribution in [1.29, 1.82) is 0 Å². The number of benzene rings is 2. The lowest BCUT2D eigenvalue weighted by Gasteiger charge is -2.12. The topological polar surface area (TPSA) is 85.4 Å². The number of amides is 1. The molecular weight excluding hydrogens is 415 g/mol. The summed E-state index contributed by atoms with van der Waals surface area (Å²) in [7, 11) is -2.14. The summed E-state index contributed by atoms with van der Waals surface area (Å²) in [4.78, 5) is 16.9. The standard InChI is InChI=1S/C20H19FN2O4S2/c1-13(12-29(25,26)17-9-7-16(27-2)8-10-17)19(24)23-20-22-18(11-28-20)14-3-5-15(21)6-4-14/h3-11,13H,12H2,1-2H3,(H,22,23,24).